The van der Waals surface area contributed by atoms with Crippen LogP contribution < -0.4 is 0 Å². The van der Waals surface area contributed by atoms with E-state index in [2.05, 4.69) is 6.92 Å². The van der Waals surface area contributed by atoms with Gasteiger partial charge in [0.2, 0.25) is 0 Å². The first-order valence-electron chi connectivity index (χ1n) is 6.19. The minimum absolute atomic E-state index is 0.357. The predicted molar refractivity (Wildman–Crippen MR) is 80.0 cm³/mol. The second-order valence-corrected chi connectivity index (χ2v) is 5.65. The number of hydrogen-bond donors (Lipinski definition) is 1. The average molecular weight is 272 g/mol. The van der Waals surface area contributed by atoms with Crippen LogP contribution in [-0.4, -0.2) is 16.8 Å². The van der Waals surface area contributed by atoms with Crippen LogP contribution in [0.5, 0.6) is 0 Å². The van der Waals surface area contributed by atoms with Crippen LogP contribution in [0.1, 0.15) is 22.8 Å². The minimum Gasteiger partial charge on any atom is -0.478 e. The summed E-state index contributed by atoms with van der Waals surface area (Å²) >= 11 is 1.78. The molecule has 0 aliphatic carbocycles. The molecule has 0 heterocycles. The Balaban J connectivity index is 2.43. The summed E-state index contributed by atoms with van der Waals surface area (Å²) < 4.78 is 0. The molecule has 98 valence electrons. The van der Waals surface area contributed by atoms with Gasteiger partial charge in [0.15, 0.2) is 0 Å². The molecule has 1 N–H and O–H groups in total. The van der Waals surface area contributed by atoms with E-state index in [-0.39, 0.29) is 0 Å². The van der Waals surface area contributed by atoms with Crippen LogP contribution in [0.15, 0.2) is 47.4 Å². The van der Waals surface area contributed by atoms with E-state index in [4.69, 9.17) is 0 Å². The van der Waals surface area contributed by atoms with Gasteiger partial charge in [-0.3, -0.25) is 0 Å². The summed E-state index contributed by atoms with van der Waals surface area (Å²) in [5, 5.41) is 9.29. The zero-order valence-electron chi connectivity index (χ0n) is 11.0. The summed E-state index contributed by atoms with van der Waals surface area (Å²) in [5.41, 5.74) is 3.03. The lowest BCUT2D eigenvalue weighted by molar-refractivity contribution is 0.0697. The number of carboxylic acids is 1. The van der Waals surface area contributed by atoms with Gasteiger partial charge in [-0.1, -0.05) is 36.8 Å². The molecule has 2 rings (SSSR count). The number of carbonyl (C=O) groups is 1. The van der Waals surface area contributed by atoms with Crippen LogP contribution in [-0.2, 0) is 0 Å². The minimum atomic E-state index is -0.884. The van der Waals surface area contributed by atoms with Gasteiger partial charge in [-0.2, -0.15) is 0 Å². The normalized spacial score (nSPS) is 10.4. The van der Waals surface area contributed by atoms with E-state index in [9.17, 15) is 9.90 Å². The Morgan fingerprint density at radius 3 is 2.42 bits per heavy atom. The van der Waals surface area contributed by atoms with Crippen molar-refractivity contribution < 1.29 is 9.90 Å². The first-order chi connectivity index (χ1) is 9.11. The van der Waals surface area contributed by atoms with Gasteiger partial charge >= 0.3 is 5.97 Å². The van der Waals surface area contributed by atoms with E-state index in [0.717, 1.165) is 22.4 Å². The van der Waals surface area contributed by atoms with Crippen LogP contribution >= 0.6 is 11.8 Å². The van der Waals surface area contributed by atoms with E-state index >= 15 is 0 Å². The molecule has 0 radical (unpaired) electrons. The maximum absolute atomic E-state index is 11.3. The van der Waals surface area contributed by atoms with Crippen molar-refractivity contribution in [2.24, 2.45) is 0 Å². The van der Waals surface area contributed by atoms with Gasteiger partial charge in [0.25, 0.3) is 0 Å². The van der Waals surface area contributed by atoms with Gasteiger partial charge in [0, 0.05) is 4.90 Å². The van der Waals surface area contributed by atoms with E-state index in [1.807, 2.05) is 43.3 Å². The summed E-state index contributed by atoms with van der Waals surface area (Å²) in [6, 6.07) is 13.6. The Labute approximate surface area is 117 Å². The van der Waals surface area contributed by atoms with Crippen molar-refractivity contribution in [3.63, 3.8) is 0 Å². The number of aromatic carboxylic acids is 1. The second kappa shape index (κ2) is 5.93. The first kappa shape index (κ1) is 13.7. The SMILES string of the molecule is CCSc1ccc(-c2ccc(C)cc2C(=O)O)cc1. The molecule has 0 aromatic heterocycles. The van der Waals surface area contributed by atoms with Gasteiger partial charge < -0.3 is 5.11 Å². The summed E-state index contributed by atoms with van der Waals surface area (Å²) in [6.45, 7) is 4.01. The molecule has 0 atom stereocenters. The molecular weight excluding hydrogens is 256 g/mol. The van der Waals surface area contributed by atoms with Crippen molar-refractivity contribution in [1.29, 1.82) is 0 Å². The molecule has 2 nitrogen and oxygen atoms in total. The van der Waals surface area contributed by atoms with Crippen LogP contribution in [0.4, 0.5) is 0 Å². The summed E-state index contributed by atoms with van der Waals surface area (Å²) in [6.07, 6.45) is 0. The molecule has 3 heteroatoms. The summed E-state index contributed by atoms with van der Waals surface area (Å²) in [4.78, 5) is 12.5. The van der Waals surface area contributed by atoms with E-state index in [1.165, 1.54) is 4.90 Å². The van der Waals surface area contributed by atoms with Crippen molar-refractivity contribution in [3.05, 3.63) is 53.6 Å². The van der Waals surface area contributed by atoms with Crippen LogP contribution in [0.2, 0.25) is 0 Å². The molecule has 0 amide bonds. The highest BCUT2D eigenvalue weighted by molar-refractivity contribution is 7.99. The van der Waals surface area contributed by atoms with E-state index in [0.29, 0.717) is 5.56 Å². The Kier molecular flexibility index (Phi) is 4.27. The average Bonchev–Trinajstić information content (AvgIpc) is 2.40. The predicted octanol–water partition coefficient (Wildman–Crippen LogP) is 4.47. The fourth-order valence-electron chi connectivity index (χ4n) is 1.98. The lowest BCUT2D eigenvalue weighted by Crippen LogP contribution is -2.00. The highest BCUT2D eigenvalue weighted by Gasteiger charge is 2.11. The second-order valence-electron chi connectivity index (χ2n) is 4.31. The molecule has 0 fully saturated rings. The molecule has 2 aromatic rings. The Hall–Kier alpha value is -1.74. The number of rotatable bonds is 4. The molecule has 0 bridgehead atoms. The highest BCUT2D eigenvalue weighted by atomic mass is 32.2. The fraction of sp³-hybridized carbons (Fsp3) is 0.188. The summed E-state index contributed by atoms with van der Waals surface area (Å²) in [7, 11) is 0. The molecular formula is C16H16O2S. The maximum Gasteiger partial charge on any atom is 0.336 e. The molecule has 0 spiro atoms. The zero-order chi connectivity index (χ0) is 13.8. The van der Waals surface area contributed by atoms with Crippen molar-refractivity contribution in [2.75, 3.05) is 5.75 Å². The van der Waals surface area contributed by atoms with Crippen molar-refractivity contribution in [3.8, 4) is 11.1 Å². The number of hydrogen-bond acceptors (Lipinski definition) is 2. The highest BCUT2D eigenvalue weighted by Crippen LogP contribution is 2.27. The lowest BCUT2D eigenvalue weighted by Gasteiger charge is -2.08. The largest absolute Gasteiger partial charge is 0.478 e. The van der Waals surface area contributed by atoms with Gasteiger partial charge in [0.05, 0.1) is 5.56 Å². The maximum atomic E-state index is 11.3. The molecule has 19 heavy (non-hydrogen) atoms. The monoisotopic (exact) mass is 272 g/mol. The van der Waals surface area contributed by atoms with Crippen molar-refractivity contribution >= 4 is 17.7 Å². The number of thioether (sulfide) groups is 1. The van der Waals surface area contributed by atoms with Crippen LogP contribution in [0.25, 0.3) is 11.1 Å². The fourth-order valence-corrected chi connectivity index (χ4v) is 2.65. The quantitative estimate of drug-likeness (QED) is 0.834. The van der Waals surface area contributed by atoms with Gasteiger partial charge in [-0.15, -0.1) is 11.8 Å². The molecule has 2 aromatic carbocycles. The Morgan fingerprint density at radius 2 is 1.84 bits per heavy atom. The van der Waals surface area contributed by atoms with Crippen LogP contribution in [0, 0.1) is 6.92 Å². The topological polar surface area (TPSA) is 37.3 Å². The zero-order valence-corrected chi connectivity index (χ0v) is 11.8. The third kappa shape index (κ3) is 3.18. The van der Waals surface area contributed by atoms with Gasteiger partial charge in [0.1, 0.15) is 0 Å². The molecule has 0 aliphatic heterocycles. The number of aryl methyl sites for hydroxylation is 1. The van der Waals surface area contributed by atoms with E-state index < -0.39 is 5.97 Å². The molecule has 0 saturated heterocycles. The van der Waals surface area contributed by atoms with Gasteiger partial charge in [-0.25, -0.2) is 4.79 Å². The van der Waals surface area contributed by atoms with Gasteiger partial charge in [-0.05, 0) is 42.0 Å². The smallest absolute Gasteiger partial charge is 0.336 e. The Morgan fingerprint density at radius 1 is 1.16 bits per heavy atom. The third-order valence-corrected chi connectivity index (χ3v) is 3.78. The first-order valence-corrected chi connectivity index (χ1v) is 7.17. The lowest BCUT2D eigenvalue weighted by atomic mass is 9.98. The molecule has 0 saturated carbocycles. The third-order valence-electron chi connectivity index (χ3n) is 2.88. The van der Waals surface area contributed by atoms with Crippen molar-refractivity contribution in [2.45, 2.75) is 18.7 Å². The Bertz CT molecular complexity index is 588. The molecule has 0 aliphatic rings. The van der Waals surface area contributed by atoms with Crippen molar-refractivity contribution in [1.82, 2.24) is 0 Å². The van der Waals surface area contributed by atoms with E-state index in [1.54, 1.807) is 17.8 Å². The molecule has 0 unspecified atom stereocenters. The standard InChI is InChI=1S/C16H16O2S/c1-3-19-13-7-5-12(6-8-13)14-9-4-11(2)10-15(14)16(17)18/h4-10H,3H2,1-2H3,(H,17,18). The summed E-state index contributed by atoms with van der Waals surface area (Å²) in [5.74, 6) is 0.148. The van der Waals surface area contributed by atoms with Crippen LogP contribution in [0.3, 0.4) is 0 Å². The number of carboxylic acid groups (broad SMARTS) is 1. The number of benzene rings is 2.